The largest absolute Gasteiger partial charge is 0.465 e. The highest BCUT2D eigenvalue weighted by Crippen LogP contribution is 2.03. The molecule has 0 amide bonds. The first-order chi connectivity index (χ1) is 6.69. The summed E-state index contributed by atoms with van der Waals surface area (Å²) >= 11 is 0. The molecule has 14 heavy (non-hydrogen) atoms. The topological polar surface area (TPSA) is 97.8 Å². The van der Waals surface area contributed by atoms with Crippen molar-refractivity contribution >= 4 is 11.8 Å². The normalized spacial score (nSPS) is 11.1. The lowest BCUT2D eigenvalue weighted by molar-refractivity contribution is 0.0600. The molecule has 0 saturated heterocycles. The highest BCUT2D eigenvalue weighted by Gasteiger charge is 2.08. The second-order valence-corrected chi connectivity index (χ2v) is 2.44. The van der Waals surface area contributed by atoms with Gasteiger partial charge in [0.1, 0.15) is 0 Å². The number of methoxy groups -OCH3 is 1. The van der Waals surface area contributed by atoms with Crippen molar-refractivity contribution < 1.29 is 14.7 Å². The van der Waals surface area contributed by atoms with Crippen LogP contribution in [0.2, 0.25) is 0 Å². The lowest BCUT2D eigenvalue weighted by atomic mass is 10.2. The molecular formula is C8H9N3O3. The van der Waals surface area contributed by atoms with Crippen molar-refractivity contribution in [2.75, 3.05) is 7.11 Å². The van der Waals surface area contributed by atoms with Gasteiger partial charge in [0, 0.05) is 18.0 Å². The minimum Gasteiger partial charge on any atom is -0.465 e. The predicted molar refractivity (Wildman–Crippen MR) is 48.1 cm³/mol. The molecule has 0 aliphatic heterocycles. The summed E-state index contributed by atoms with van der Waals surface area (Å²) in [5.74, 6) is -0.631. The summed E-state index contributed by atoms with van der Waals surface area (Å²) in [7, 11) is 1.26. The molecule has 1 aromatic rings. The minimum atomic E-state index is -0.523. The Kier molecular flexibility index (Phi) is 3.01. The quantitative estimate of drug-likeness (QED) is 0.227. The van der Waals surface area contributed by atoms with Crippen LogP contribution >= 0.6 is 0 Å². The van der Waals surface area contributed by atoms with Crippen LogP contribution in [-0.2, 0) is 4.74 Å². The van der Waals surface area contributed by atoms with Crippen LogP contribution in [0.5, 0.6) is 0 Å². The Morgan fingerprint density at radius 3 is 2.79 bits per heavy atom. The number of amidine groups is 1. The van der Waals surface area contributed by atoms with Gasteiger partial charge in [-0.1, -0.05) is 5.16 Å². The predicted octanol–water partition coefficient (Wildman–Crippen LogP) is -0.0373. The number of esters is 1. The number of carbonyl (C=O) groups excluding carboxylic acids is 1. The number of carbonyl (C=O) groups is 1. The maximum absolute atomic E-state index is 11.1. The number of pyridine rings is 1. The highest BCUT2D eigenvalue weighted by molar-refractivity contribution is 5.99. The van der Waals surface area contributed by atoms with Crippen LogP contribution in [-0.4, -0.2) is 29.1 Å². The van der Waals surface area contributed by atoms with Crippen molar-refractivity contribution in [2.45, 2.75) is 0 Å². The number of nitrogens with zero attached hydrogens (tertiary/aromatic N) is 2. The van der Waals surface area contributed by atoms with Crippen molar-refractivity contribution in [1.29, 1.82) is 0 Å². The van der Waals surface area contributed by atoms with Crippen LogP contribution in [0.3, 0.4) is 0 Å². The number of hydrogen-bond acceptors (Lipinski definition) is 5. The van der Waals surface area contributed by atoms with Crippen LogP contribution in [0.15, 0.2) is 23.6 Å². The highest BCUT2D eigenvalue weighted by atomic mass is 16.5. The lowest BCUT2D eigenvalue weighted by Crippen LogP contribution is -2.14. The zero-order valence-corrected chi connectivity index (χ0v) is 7.47. The number of oxime groups is 1. The number of rotatable bonds is 2. The SMILES string of the molecule is COC(=O)c1cncc(/C(N)=N/O)c1. The second-order valence-electron chi connectivity index (χ2n) is 2.44. The third kappa shape index (κ3) is 1.98. The molecule has 74 valence electrons. The van der Waals surface area contributed by atoms with Gasteiger partial charge in [-0.05, 0) is 6.07 Å². The lowest BCUT2D eigenvalue weighted by Gasteiger charge is -2.01. The molecule has 0 saturated carbocycles. The van der Waals surface area contributed by atoms with Gasteiger partial charge >= 0.3 is 5.97 Å². The first-order valence-corrected chi connectivity index (χ1v) is 3.70. The number of hydrogen-bond donors (Lipinski definition) is 2. The van der Waals surface area contributed by atoms with Crippen molar-refractivity contribution in [1.82, 2.24) is 4.98 Å². The Hall–Kier alpha value is -2.11. The van der Waals surface area contributed by atoms with E-state index >= 15 is 0 Å². The summed E-state index contributed by atoms with van der Waals surface area (Å²) in [4.78, 5) is 14.8. The van der Waals surface area contributed by atoms with Crippen molar-refractivity contribution in [2.24, 2.45) is 10.9 Å². The fraction of sp³-hybridized carbons (Fsp3) is 0.125. The molecule has 3 N–H and O–H groups in total. The van der Waals surface area contributed by atoms with Gasteiger partial charge < -0.3 is 15.7 Å². The molecule has 0 bridgehead atoms. The summed E-state index contributed by atoms with van der Waals surface area (Å²) in [5, 5.41) is 11.2. The Morgan fingerprint density at radius 1 is 1.57 bits per heavy atom. The van der Waals surface area contributed by atoms with Crippen molar-refractivity contribution in [3.63, 3.8) is 0 Å². The van der Waals surface area contributed by atoms with Crippen LogP contribution in [0.1, 0.15) is 15.9 Å². The van der Waals surface area contributed by atoms with Gasteiger partial charge in [-0.2, -0.15) is 0 Å². The fourth-order valence-electron chi connectivity index (χ4n) is 0.867. The van der Waals surface area contributed by atoms with Gasteiger partial charge in [0.2, 0.25) is 0 Å². The maximum Gasteiger partial charge on any atom is 0.339 e. The molecule has 0 aliphatic rings. The summed E-state index contributed by atoms with van der Waals surface area (Å²) in [6, 6.07) is 1.42. The molecule has 0 unspecified atom stereocenters. The Morgan fingerprint density at radius 2 is 2.21 bits per heavy atom. The standard InChI is InChI=1S/C8H9N3O3/c1-14-8(12)6-2-5(3-10-4-6)7(9)11-13/h2-4,13H,1H3,(H2,9,11). The third-order valence-electron chi connectivity index (χ3n) is 1.56. The monoisotopic (exact) mass is 195 g/mol. The molecule has 1 aromatic heterocycles. The van der Waals surface area contributed by atoms with Gasteiger partial charge in [-0.3, -0.25) is 4.98 Å². The van der Waals surface area contributed by atoms with E-state index in [-0.39, 0.29) is 11.4 Å². The van der Waals surface area contributed by atoms with Crippen LogP contribution < -0.4 is 5.73 Å². The molecule has 0 fully saturated rings. The number of aromatic nitrogens is 1. The van der Waals surface area contributed by atoms with E-state index in [1.165, 1.54) is 25.6 Å². The van der Waals surface area contributed by atoms with Crippen molar-refractivity contribution in [3.05, 3.63) is 29.6 Å². The number of nitrogens with two attached hydrogens (primary N) is 1. The van der Waals surface area contributed by atoms with Crippen LogP contribution in [0.4, 0.5) is 0 Å². The molecule has 0 aliphatic carbocycles. The van der Waals surface area contributed by atoms with E-state index in [0.717, 1.165) is 0 Å². The van der Waals surface area contributed by atoms with Gasteiger partial charge in [-0.15, -0.1) is 0 Å². The van der Waals surface area contributed by atoms with Gasteiger partial charge in [0.15, 0.2) is 5.84 Å². The van der Waals surface area contributed by atoms with Gasteiger partial charge in [0.25, 0.3) is 0 Å². The molecule has 0 atom stereocenters. The first-order valence-electron chi connectivity index (χ1n) is 3.70. The summed E-state index contributed by atoms with van der Waals surface area (Å²) in [6.45, 7) is 0. The van der Waals surface area contributed by atoms with E-state index in [9.17, 15) is 4.79 Å². The number of ether oxygens (including phenoxy) is 1. The van der Waals surface area contributed by atoms with Crippen molar-refractivity contribution in [3.8, 4) is 0 Å². The molecule has 1 heterocycles. The molecule has 0 spiro atoms. The van der Waals surface area contributed by atoms with Gasteiger partial charge in [0.05, 0.1) is 12.7 Å². The second kappa shape index (κ2) is 4.22. The first kappa shape index (κ1) is 9.97. The molecule has 1 rings (SSSR count). The zero-order valence-electron chi connectivity index (χ0n) is 7.47. The molecular weight excluding hydrogens is 186 g/mol. The van der Waals surface area contributed by atoms with E-state index < -0.39 is 5.97 Å². The minimum absolute atomic E-state index is 0.108. The van der Waals surface area contributed by atoms with E-state index in [1.807, 2.05) is 0 Å². The zero-order chi connectivity index (χ0) is 10.6. The Balaban J connectivity index is 3.07. The average molecular weight is 195 g/mol. The molecule has 0 radical (unpaired) electrons. The molecule has 6 nitrogen and oxygen atoms in total. The summed E-state index contributed by atoms with van der Waals surface area (Å²) in [5.41, 5.74) is 5.92. The van der Waals surface area contributed by atoms with E-state index in [2.05, 4.69) is 14.9 Å². The summed E-state index contributed by atoms with van der Waals surface area (Å²) < 4.78 is 4.48. The Bertz CT molecular complexity index is 376. The van der Waals surface area contributed by atoms with Crippen LogP contribution in [0.25, 0.3) is 0 Å². The van der Waals surface area contributed by atoms with E-state index in [1.54, 1.807) is 0 Å². The Labute approximate surface area is 80.0 Å². The van der Waals surface area contributed by atoms with Crippen LogP contribution in [0, 0.1) is 0 Å². The maximum atomic E-state index is 11.1. The van der Waals surface area contributed by atoms with E-state index in [0.29, 0.717) is 5.56 Å². The molecule has 6 heteroatoms. The van der Waals surface area contributed by atoms with Gasteiger partial charge in [-0.25, -0.2) is 4.79 Å². The fourth-order valence-corrected chi connectivity index (χ4v) is 0.867. The smallest absolute Gasteiger partial charge is 0.339 e. The average Bonchev–Trinajstić information content (AvgIpc) is 2.27. The molecule has 0 aromatic carbocycles. The third-order valence-corrected chi connectivity index (χ3v) is 1.56. The van der Waals surface area contributed by atoms with E-state index in [4.69, 9.17) is 10.9 Å². The summed E-state index contributed by atoms with van der Waals surface area (Å²) in [6.07, 6.45) is 2.71.